The van der Waals surface area contributed by atoms with E-state index in [4.69, 9.17) is 0 Å². The number of carbonyl (C=O) groups excluding carboxylic acids is 1. The van der Waals surface area contributed by atoms with Crippen LogP contribution in [0.1, 0.15) is 49.9 Å². The van der Waals surface area contributed by atoms with Crippen LogP contribution in [0.25, 0.3) is 0 Å². The largest absolute Gasteiger partial charge is 0.508 e. The average Bonchev–Trinajstić information content (AvgIpc) is 2.70. The molecule has 28 heavy (non-hydrogen) atoms. The first-order valence-corrected chi connectivity index (χ1v) is 10.4. The Morgan fingerprint density at radius 2 is 1.93 bits per heavy atom. The van der Waals surface area contributed by atoms with Gasteiger partial charge in [-0.15, -0.1) is 0 Å². The molecule has 156 valence electrons. The SMILES string of the molecule is CCNC(=NCCCN1CCCCC1C)NCCNC(=O)c1ccc(O)cc1. The molecule has 1 aliphatic heterocycles. The summed E-state index contributed by atoms with van der Waals surface area (Å²) in [5, 5.41) is 18.6. The summed E-state index contributed by atoms with van der Waals surface area (Å²) >= 11 is 0. The van der Waals surface area contributed by atoms with E-state index in [2.05, 4.69) is 32.8 Å². The van der Waals surface area contributed by atoms with E-state index in [0.717, 1.165) is 32.0 Å². The molecule has 0 saturated carbocycles. The molecule has 1 aromatic carbocycles. The Morgan fingerprint density at radius 3 is 2.64 bits per heavy atom. The van der Waals surface area contributed by atoms with Crippen LogP contribution in [0, 0.1) is 0 Å². The molecule has 0 aliphatic carbocycles. The molecule has 1 atom stereocenters. The van der Waals surface area contributed by atoms with Gasteiger partial charge in [0.15, 0.2) is 5.96 Å². The number of rotatable bonds is 9. The Morgan fingerprint density at radius 1 is 1.18 bits per heavy atom. The van der Waals surface area contributed by atoms with Crippen LogP contribution in [0.3, 0.4) is 0 Å². The van der Waals surface area contributed by atoms with Gasteiger partial charge < -0.3 is 26.0 Å². The number of nitrogens with zero attached hydrogens (tertiary/aromatic N) is 2. The number of aromatic hydroxyl groups is 1. The highest BCUT2D eigenvalue weighted by Gasteiger charge is 2.16. The van der Waals surface area contributed by atoms with E-state index >= 15 is 0 Å². The predicted octanol–water partition coefficient (Wildman–Crippen LogP) is 1.94. The van der Waals surface area contributed by atoms with E-state index < -0.39 is 0 Å². The highest BCUT2D eigenvalue weighted by Crippen LogP contribution is 2.16. The number of hydrogen-bond donors (Lipinski definition) is 4. The molecular weight excluding hydrogens is 354 g/mol. The van der Waals surface area contributed by atoms with Crippen molar-refractivity contribution in [1.82, 2.24) is 20.9 Å². The monoisotopic (exact) mass is 389 g/mol. The molecular formula is C21H35N5O2. The van der Waals surface area contributed by atoms with Gasteiger partial charge in [0.05, 0.1) is 0 Å². The molecule has 1 aliphatic rings. The number of likely N-dealkylation sites (tertiary alicyclic amines) is 1. The molecule has 0 spiro atoms. The Bertz CT molecular complexity index is 618. The summed E-state index contributed by atoms with van der Waals surface area (Å²) in [5.74, 6) is 0.784. The van der Waals surface area contributed by atoms with Gasteiger partial charge in [-0.3, -0.25) is 9.79 Å². The quantitative estimate of drug-likeness (QED) is 0.294. The third-order valence-corrected chi connectivity index (χ3v) is 4.99. The van der Waals surface area contributed by atoms with Crippen molar-refractivity contribution in [3.05, 3.63) is 29.8 Å². The Labute approximate surface area is 168 Å². The molecule has 1 saturated heterocycles. The zero-order valence-corrected chi connectivity index (χ0v) is 17.2. The minimum atomic E-state index is -0.153. The number of guanidine groups is 1. The molecule has 0 radical (unpaired) electrons. The second-order valence-electron chi connectivity index (χ2n) is 7.22. The summed E-state index contributed by atoms with van der Waals surface area (Å²) in [7, 11) is 0. The number of aliphatic imine (C=N–C) groups is 1. The second-order valence-corrected chi connectivity index (χ2v) is 7.22. The summed E-state index contributed by atoms with van der Waals surface area (Å²) in [6, 6.07) is 6.92. The van der Waals surface area contributed by atoms with E-state index in [9.17, 15) is 9.90 Å². The van der Waals surface area contributed by atoms with E-state index in [1.54, 1.807) is 12.1 Å². The van der Waals surface area contributed by atoms with E-state index in [1.807, 2.05) is 6.92 Å². The lowest BCUT2D eigenvalue weighted by Crippen LogP contribution is -2.42. The van der Waals surface area contributed by atoms with Crippen molar-refractivity contribution >= 4 is 11.9 Å². The van der Waals surface area contributed by atoms with Gasteiger partial charge in [-0.25, -0.2) is 0 Å². The topological polar surface area (TPSA) is 89.0 Å². The molecule has 1 unspecified atom stereocenters. The van der Waals surface area contributed by atoms with Crippen molar-refractivity contribution in [2.24, 2.45) is 4.99 Å². The smallest absolute Gasteiger partial charge is 0.251 e. The van der Waals surface area contributed by atoms with Gasteiger partial charge in [-0.2, -0.15) is 0 Å². The maximum Gasteiger partial charge on any atom is 0.251 e. The van der Waals surface area contributed by atoms with E-state index in [0.29, 0.717) is 24.7 Å². The number of amides is 1. The van der Waals surface area contributed by atoms with Gasteiger partial charge in [0.25, 0.3) is 5.91 Å². The fourth-order valence-electron chi connectivity index (χ4n) is 3.37. The summed E-state index contributed by atoms with van der Waals surface area (Å²) in [4.78, 5) is 19.2. The maximum absolute atomic E-state index is 12.0. The first-order valence-electron chi connectivity index (χ1n) is 10.4. The average molecular weight is 390 g/mol. The minimum absolute atomic E-state index is 0.152. The van der Waals surface area contributed by atoms with E-state index in [1.165, 1.54) is 37.9 Å². The third kappa shape index (κ3) is 7.76. The summed E-state index contributed by atoms with van der Waals surface area (Å²) in [6.07, 6.45) is 5.03. The molecule has 7 nitrogen and oxygen atoms in total. The fourth-order valence-corrected chi connectivity index (χ4v) is 3.37. The normalized spacial score (nSPS) is 17.9. The first kappa shape index (κ1) is 22.0. The maximum atomic E-state index is 12.0. The van der Waals surface area contributed by atoms with Crippen LogP contribution < -0.4 is 16.0 Å². The lowest BCUT2D eigenvalue weighted by Gasteiger charge is -2.33. The van der Waals surface area contributed by atoms with Crippen LogP contribution in [0.4, 0.5) is 0 Å². The standard InChI is InChI=1S/C21H35N5O2/c1-3-22-21(24-12-6-16-26-15-5-4-7-17(26)2)25-14-13-23-20(28)18-8-10-19(27)11-9-18/h8-11,17,27H,3-7,12-16H2,1-2H3,(H,23,28)(H2,22,24,25). The lowest BCUT2D eigenvalue weighted by atomic mass is 10.0. The lowest BCUT2D eigenvalue weighted by molar-refractivity contribution is 0.0954. The van der Waals surface area contributed by atoms with Gasteiger partial charge in [0, 0.05) is 44.3 Å². The van der Waals surface area contributed by atoms with Crippen molar-refractivity contribution < 1.29 is 9.90 Å². The van der Waals surface area contributed by atoms with Gasteiger partial charge in [0.1, 0.15) is 5.75 Å². The first-order chi connectivity index (χ1) is 13.6. The molecule has 0 aromatic heterocycles. The summed E-state index contributed by atoms with van der Waals surface area (Å²) in [6.45, 7) is 9.36. The second kappa shape index (κ2) is 12.2. The molecule has 0 bridgehead atoms. The van der Waals surface area contributed by atoms with Crippen LogP contribution >= 0.6 is 0 Å². The number of phenolic OH excluding ortho intramolecular Hbond substituents is 1. The number of benzene rings is 1. The van der Waals surface area contributed by atoms with Crippen LogP contribution in [0.2, 0.25) is 0 Å². The Balaban J connectivity index is 1.66. The highest BCUT2D eigenvalue weighted by molar-refractivity contribution is 5.94. The van der Waals surface area contributed by atoms with Crippen LogP contribution in [-0.4, -0.2) is 67.2 Å². The Kier molecular flexibility index (Phi) is 9.62. The zero-order valence-electron chi connectivity index (χ0n) is 17.2. The van der Waals surface area contributed by atoms with Crippen molar-refractivity contribution in [3.63, 3.8) is 0 Å². The van der Waals surface area contributed by atoms with Gasteiger partial charge >= 0.3 is 0 Å². The van der Waals surface area contributed by atoms with Crippen molar-refractivity contribution in [2.75, 3.05) is 39.3 Å². The molecule has 1 amide bonds. The van der Waals surface area contributed by atoms with Crippen LogP contribution in [-0.2, 0) is 0 Å². The zero-order chi connectivity index (χ0) is 20.2. The fraction of sp³-hybridized carbons (Fsp3) is 0.619. The molecule has 2 rings (SSSR count). The number of carbonyl (C=O) groups is 1. The summed E-state index contributed by atoms with van der Waals surface area (Å²) < 4.78 is 0. The van der Waals surface area contributed by atoms with Crippen LogP contribution in [0.15, 0.2) is 29.3 Å². The number of hydrogen-bond acceptors (Lipinski definition) is 4. The highest BCUT2D eigenvalue weighted by atomic mass is 16.3. The molecule has 1 heterocycles. The number of phenols is 1. The third-order valence-electron chi connectivity index (χ3n) is 4.99. The minimum Gasteiger partial charge on any atom is -0.508 e. The number of nitrogens with one attached hydrogen (secondary N) is 3. The van der Waals surface area contributed by atoms with E-state index in [-0.39, 0.29) is 11.7 Å². The van der Waals surface area contributed by atoms with Gasteiger partial charge in [0.2, 0.25) is 0 Å². The molecule has 4 N–H and O–H groups in total. The predicted molar refractivity (Wildman–Crippen MR) is 114 cm³/mol. The molecule has 1 aromatic rings. The van der Waals surface area contributed by atoms with Crippen molar-refractivity contribution in [3.8, 4) is 5.75 Å². The van der Waals surface area contributed by atoms with Crippen molar-refractivity contribution in [1.29, 1.82) is 0 Å². The molecule has 1 fully saturated rings. The molecule has 7 heteroatoms. The summed E-state index contributed by atoms with van der Waals surface area (Å²) in [5.41, 5.74) is 0.533. The van der Waals surface area contributed by atoms with Crippen molar-refractivity contribution in [2.45, 2.75) is 45.6 Å². The van der Waals surface area contributed by atoms with Gasteiger partial charge in [-0.05, 0) is 63.9 Å². The number of piperidine rings is 1. The van der Waals surface area contributed by atoms with Crippen LogP contribution in [0.5, 0.6) is 5.75 Å². The Hall–Kier alpha value is -2.28. The van der Waals surface area contributed by atoms with Gasteiger partial charge in [-0.1, -0.05) is 6.42 Å².